The van der Waals surface area contributed by atoms with Gasteiger partial charge in [0.15, 0.2) is 5.16 Å². The molecule has 0 N–H and O–H groups in total. The molecule has 150 valence electrons. The zero-order valence-electron chi connectivity index (χ0n) is 16.3. The van der Waals surface area contributed by atoms with Gasteiger partial charge in [-0.15, -0.1) is 22.7 Å². The molecule has 1 aliphatic rings. The molecule has 0 bridgehead atoms. The first kappa shape index (κ1) is 19.1. The summed E-state index contributed by atoms with van der Waals surface area (Å²) in [7, 11) is 0. The average molecular weight is 444 g/mol. The minimum Gasteiger partial charge on any atom is -0.467 e. The SMILES string of the molecule is Cc1nc(CSc2nc3sc4c(c3c(=O)n2Cc2ccco2)CCC(C)C4)cs1. The smallest absolute Gasteiger partial charge is 0.263 e. The Morgan fingerprint density at radius 2 is 2.28 bits per heavy atom. The molecule has 0 aliphatic heterocycles. The highest BCUT2D eigenvalue weighted by Crippen LogP contribution is 2.37. The minimum atomic E-state index is 0.0513. The molecular formula is C21H21N3O2S3. The van der Waals surface area contributed by atoms with Crippen LogP contribution in [0.2, 0.25) is 0 Å². The fourth-order valence-electron chi connectivity index (χ4n) is 3.83. The van der Waals surface area contributed by atoms with Crippen molar-refractivity contribution in [2.24, 2.45) is 5.92 Å². The molecule has 8 heteroatoms. The number of thioether (sulfide) groups is 1. The monoisotopic (exact) mass is 443 g/mol. The van der Waals surface area contributed by atoms with E-state index in [0.29, 0.717) is 18.2 Å². The van der Waals surface area contributed by atoms with Crippen molar-refractivity contribution < 1.29 is 4.42 Å². The van der Waals surface area contributed by atoms with Crippen molar-refractivity contribution in [3.8, 4) is 0 Å². The molecule has 29 heavy (non-hydrogen) atoms. The lowest BCUT2D eigenvalue weighted by Gasteiger charge is -2.17. The van der Waals surface area contributed by atoms with Crippen LogP contribution in [-0.4, -0.2) is 14.5 Å². The first-order valence-electron chi connectivity index (χ1n) is 9.69. The third-order valence-electron chi connectivity index (χ3n) is 5.29. The van der Waals surface area contributed by atoms with Gasteiger partial charge in [0.25, 0.3) is 5.56 Å². The van der Waals surface area contributed by atoms with E-state index in [1.54, 1.807) is 45.3 Å². The van der Waals surface area contributed by atoms with E-state index < -0.39 is 0 Å². The van der Waals surface area contributed by atoms with Gasteiger partial charge in [-0.25, -0.2) is 9.97 Å². The second kappa shape index (κ2) is 7.74. The molecule has 0 saturated heterocycles. The van der Waals surface area contributed by atoms with Crippen molar-refractivity contribution in [1.29, 1.82) is 0 Å². The molecule has 4 aromatic rings. The van der Waals surface area contributed by atoms with Crippen molar-refractivity contribution in [1.82, 2.24) is 14.5 Å². The van der Waals surface area contributed by atoms with Crippen LogP contribution in [0, 0.1) is 12.8 Å². The second-order valence-corrected chi connectivity index (χ2v) is 10.6. The van der Waals surface area contributed by atoms with Crippen molar-refractivity contribution >= 4 is 44.7 Å². The molecule has 0 saturated carbocycles. The van der Waals surface area contributed by atoms with Gasteiger partial charge in [-0.05, 0) is 49.8 Å². The summed E-state index contributed by atoms with van der Waals surface area (Å²) in [5.41, 5.74) is 2.30. The topological polar surface area (TPSA) is 60.9 Å². The van der Waals surface area contributed by atoms with Crippen LogP contribution in [0.15, 0.2) is 38.1 Å². The highest BCUT2D eigenvalue weighted by Gasteiger charge is 2.25. The fourth-order valence-corrected chi connectivity index (χ4v) is 6.86. The Morgan fingerprint density at radius 3 is 3.03 bits per heavy atom. The number of rotatable bonds is 5. The molecular weight excluding hydrogens is 422 g/mol. The number of hydrogen-bond acceptors (Lipinski definition) is 7. The van der Waals surface area contributed by atoms with Crippen LogP contribution in [-0.2, 0) is 25.1 Å². The summed E-state index contributed by atoms with van der Waals surface area (Å²) in [6.07, 6.45) is 4.80. The van der Waals surface area contributed by atoms with E-state index in [4.69, 9.17) is 9.40 Å². The summed E-state index contributed by atoms with van der Waals surface area (Å²) in [6, 6.07) is 3.75. The maximum absolute atomic E-state index is 13.6. The standard InChI is InChI=1S/C21H21N3O2S3/c1-12-5-6-16-17(8-12)29-19-18(16)20(25)24(9-15-4-3-7-26-15)21(23-19)28-11-14-10-27-13(2)22-14/h3-4,7,10,12H,5-6,8-9,11H2,1-2H3. The van der Waals surface area contributed by atoms with Crippen molar-refractivity contribution in [3.63, 3.8) is 0 Å². The Kier molecular flexibility index (Phi) is 5.09. The molecule has 0 amide bonds. The van der Waals surface area contributed by atoms with E-state index >= 15 is 0 Å². The number of furan rings is 1. The number of thiazole rings is 1. The largest absolute Gasteiger partial charge is 0.467 e. The number of nitrogens with zero attached hydrogens (tertiary/aromatic N) is 3. The number of hydrogen-bond donors (Lipinski definition) is 0. The first-order chi connectivity index (χ1) is 14.1. The Balaban J connectivity index is 1.60. The third-order valence-corrected chi connectivity index (χ3v) is 8.27. The minimum absolute atomic E-state index is 0.0513. The van der Waals surface area contributed by atoms with E-state index in [1.165, 1.54) is 10.4 Å². The molecule has 0 aromatic carbocycles. The van der Waals surface area contributed by atoms with E-state index in [-0.39, 0.29) is 5.56 Å². The van der Waals surface area contributed by atoms with Crippen LogP contribution >= 0.6 is 34.4 Å². The van der Waals surface area contributed by atoms with Gasteiger partial charge in [0.2, 0.25) is 0 Å². The predicted molar refractivity (Wildman–Crippen MR) is 119 cm³/mol. The summed E-state index contributed by atoms with van der Waals surface area (Å²) in [5, 5.41) is 4.67. The highest BCUT2D eigenvalue weighted by atomic mass is 32.2. The van der Waals surface area contributed by atoms with E-state index in [2.05, 4.69) is 17.3 Å². The molecule has 4 aromatic heterocycles. The second-order valence-electron chi connectivity index (χ2n) is 7.54. The van der Waals surface area contributed by atoms with Gasteiger partial charge in [0.05, 0.1) is 28.9 Å². The van der Waals surface area contributed by atoms with Crippen molar-refractivity contribution in [3.05, 3.63) is 61.0 Å². The van der Waals surface area contributed by atoms with Gasteiger partial charge in [-0.3, -0.25) is 9.36 Å². The summed E-state index contributed by atoms with van der Waals surface area (Å²) in [5.74, 6) is 2.13. The van der Waals surface area contributed by atoms with E-state index in [1.807, 2.05) is 19.1 Å². The number of aryl methyl sites for hydroxylation is 2. The van der Waals surface area contributed by atoms with Crippen LogP contribution < -0.4 is 5.56 Å². The summed E-state index contributed by atoms with van der Waals surface area (Å²) < 4.78 is 7.30. The summed E-state index contributed by atoms with van der Waals surface area (Å²) >= 11 is 4.92. The maximum Gasteiger partial charge on any atom is 0.263 e. The summed E-state index contributed by atoms with van der Waals surface area (Å²) in [4.78, 5) is 25.3. The molecule has 4 heterocycles. The van der Waals surface area contributed by atoms with Crippen LogP contribution in [0.5, 0.6) is 0 Å². The van der Waals surface area contributed by atoms with Crippen molar-refractivity contribution in [2.45, 2.75) is 50.6 Å². The van der Waals surface area contributed by atoms with Gasteiger partial charge in [0.1, 0.15) is 10.6 Å². The lowest BCUT2D eigenvalue weighted by atomic mass is 9.89. The number of aromatic nitrogens is 3. The number of fused-ring (bicyclic) bond motifs is 3. The predicted octanol–water partition coefficient (Wildman–Crippen LogP) is 5.28. The van der Waals surface area contributed by atoms with E-state index in [0.717, 1.165) is 51.1 Å². The molecule has 0 fully saturated rings. The Labute approximate surface area is 180 Å². The fraction of sp³-hybridized carbons (Fsp3) is 0.381. The Hall–Kier alpha value is -1.90. The quantitative estimate of drug-likeness (QED) is 0.310. The van der Waals surface area contributed by atoms with Gasteiger partial charge in [-0.2, -0.15) is 0 Å². The van der Waals surface area contributed by atoms with Crippen LogP contribution in [0.1, 0.15) is 40.2 Å². The lowest BCUT2D eigenvalue weighted by Crippen LogP contribution is -2.24. The van der Waals surface area contributed by atoms with Gasteiger partial charge < -0.3 is 4.42 Å². The van der Waals surface area contributed by atoms with Gasteiger partial charge >= 0.3 is 0 Å². The lowest BCUT2D eigenvalue weighted by molar-refractivity contribution is 0.476. The molecule has 0 radical (unpaired) electrons. The Bertz CT molecular complexity index is 1220. The molecule has 1 unspecified atom stereocenters. The normalized spacial score (nSPS) is 16.4. The zero-order valence-corrected chi connectivity index (χ0v) is 18.8. The van der Waals surface area contributed by atoms with Crippen molar-refractivity contribution in [2.75, 3.05) is 0 Å². The molecule has 1 atom stereocenters. The molecule has 0 spiro atoms. The summed E-state index contributed by atoms with van der Waals surface area (Å²) in [6.45, 7) is 4.69. The maximum atomic E-state index is 13.6. The third kappa shape index (κ3) is 3.69. The first-order valence-corrected chi connectivity index (χ1v) is 12.4. The highest BCUT2D eigenvalue weighted by molar-refractivity contribution is 7.98. The van der Waals surface area contributed by atoms with Gasteiger partial charge in [0, 0.05) is 16.0 Å². The van der Waals surface area contributed by atoms with Crippen LogP contribution in [0.4, 0.5) is 0 Å². The average Bonchev–Trinajstić information content (AvgIpc) is 3.42. The van der Waals surface area contributed by atoms with Crippen LogP contribution in [0.3, 0.4) is 0 Å². The van der Waals surface area contributed by atoms with E-state index in [9.17, 15) is 4.79 Å². The Morgan fingerprint density at radius 1 is 1.38 bits per heavy atom. The zero-order chi connectivity index (χ0) is 20.0. The van der Waals surface area contributed by atoms with Crippen LogP contribution in [0.25, 0.3) is 10.2 Å². The molecule has 5 nitrogen and oxygen atoms in total. The molecule has 5 rings (SSSR count). The number of thiophene rings is 1. The molecule has 1 aliphatic carbocycles. The van der Waals surface area contributed by atoms with Gasteiger partial charge in [-0.1, -0.05) is 18.7 Å².